The number of likely N-dealkylation sites (N-methyl/N-ethyl adjacent to an activating group) is 1. The van der Waals surface area contributed by atoms with Gasteiger partial charge < -0.3 is 46.5 Å². The summed E-state index contributed by atoms with van der Waals surface area (Å²) in [6, 6.07) is 10.9. The van der Waals surface area contributed by atoms with Crippen LogP contribution in [-0.2, 0) is 38.7 Å². The van der Waals surface area contributed by atoms with E-state index in [0.29, 0.717) is 112 Å². The number of aliphatic carboxylic acids is 1. The van der Waals surface area contributed by atoms with Crippen LogP contribution in [0.2, 0.25) is 0 Å². The zero-order valence-electron chi connectivity index (χ0n) is 47.9. The van der Waals surface area contributed by atoms with Crippen LogP contribution in [0.5, 0.6) is 11.5 Å². The van der Waals surface area contributed by atoms with Crippen LogP contribution in [0.4, 0.5) is 13.2 Å². The molecule has 8 N–H and O–H groups in total. The Labute approximate surface area is 472 Å². The second-order valence-electron chi connectivity index (χ2n) is 23.2. The van der Waals surface area contributed by atoms with E-state index in [2.05, 4.69) is 48.0 Å². The van der Waals surface area contributed by atoms with Crippen molar-refractivity contribution in [1.29, 1.82) is 0 Å². The number of ether oxygens (including phenoxy) is 2. The first-order valence-electron chi connectivity index (χ1n) is 30.1. The monoisotopic (exact) mass is 1120 g/mol. The molecular formula is C60H94F3N10O7+. The van der Waals surface area contributed by atoms with Gasteiger partial charge in [0.25, 0.3) is 0 Å². The maximum Gasteiger partial charge on any atom is 0.573 e. The second kappa shape index (κ2) is 33.0. The maximum absolute atomic E-state index is 13.6. The van der Waals surface area contributed by atoms with Gasteiger partial charge in [-0.25, -0.2) is 0 Å². The highest BCUT2D eigenvalue weighted by Crippen LogP contribution is 2.48. The number of quaternary nitrogens is 1. The van der Waals surface area contributed by atoms with Crippen LogP contribution in [0.25, 0.3) is 11.3 Å². The normalized spacial score (nSPS) is 16.5. The number of rotatable bonds is 40. The number of amides is 3. The number of aryl methyl sites for hydroxylation is 2. The van der Waals surface area contributed by atoms with Crippen LogP contribution in [0.15, 0.2) is 42.6 Å². The smallest absolute Gasteiger partial charge is 0.490 e. The molecule has 3 aromatic rings. The Morgan fingerprint density at radius 2 is 1.34 bits per heavy atom. The van der Waals surface area contributed by atoms with E-state index in [0.717, 1.165) is 87.6 Å². The highest BCUT2D eigenvalue weighted by atomic mass is 19.4. The number of nitrogens with two attached hydrogens (primary N) is 2. The van der Waals surface area contributed by atoms with Gasteiger partial charge in [-0.1, -0.05) is 108 Å². The molecule has 446 valence electrons. The summed E-state index contributed by atoms with van der Waals surface area (Å²) in [5.41, 5.74) is 14.9. The first-order chi connectivity index (χ1) is 38.5. The van der Waals surface area contributed by atoms with Crippen molar-refractivity contribution < 1.29 is 51.4 Å². The van der Waals surface area contributed by atoms with E-state index in [9.17, 15) is 37.5 Å². The Kier molecular flexibility index (Phi) is 26.3. The molecule has 0 spiro atoms. The summed E-state index contributed by atoms with van der Waals surface area (Å²) in [5.74, 6) is -0.198. The zero-order valence-corrected chi connectivity index (χ0v) is 47.9. The van der Waals surface area contributed by atoms with E-state index in [-0.39, 0.29) is 48.0 Å². The van der Waals surface area contributed by atoms with E-state index >= 15 is 0 Å². The minimum atomic E-state index is -4.83. The summed E-state index contributed by atoms with van der Waals surface area (Å²) in [6.45, 7) is 7.99. The van der Waals surface area contributed by atoms with Gasteiger partial charge in [0.15, 0.2) is 0 Å². The van der Waals surface area contributed by atoms with Crippen molar-refractivity contribution in [2.24, 2.45) is 29.2 Å². The fourth-order valence-corrected chi connectivity index (χ4v) is 11.5. The van der Waals surface area contributed by atoms with E-state index in [1.165, 1.54) is 63.9 Å². The molecule has 6 rings (SSSR count). The lowest BCUT2D eigenvalue weighted by Gasteiger charge is -2.44. The largest absolute Gasteiger partial charge is 0.573 e. The van der Waals surface area contributed by atoms with E-state index in [4.69, 9.17) is 16.2 Å². The summed E-state index contributed by atoms with van der Waals surface area (Å²) in [7, 11) is 2.02. The average molecular weight is 1120 g/mol. The van der Waals surface area contributed by atoms with Gasteiger partial charge in [0, 0.05) is 75.8 Å². The second-order valence-corrected chi connectivity index (χ2v) is 23.2. The number of carbonyl (C=O) groups is 4. The SMILES string of the molecule is C[C@H](C(=O)O)[C@H](c1ccc2c(c1)O[C@@H](C1CN(Cc3cc(-c4cn(CCCCCCCCCCCCCCCCCC(=O)NCC[N+](C)(CCC(=O)NCCN)CCC(=O)NCCN)nn4)ccc3OC(F)(F)F)C1)CC2)C1CC1. The third kappa shape index (κ3) is 22.2. The van der Waals surface area contributed by atoms with Crippen molar-refractivity contribution in [3.8, 4) is 22.8 Å². The van der Waals surface area contributed by atoms with Gasteiger partial charge in [0.2, 0.25) is 17.7 Å². The molecule has 2 aliphatic heterocycles. The molecule has 3 heterocycles. The number of fused-ring (bicyclic) bond motifs is 1. The summed E-state index contributed by atoms with van der Waals surface area (Å²) in [4.78, 5) is 51.1. The van der Waals surface area contributed by atoms with Gasteiger partial charge in [-0.15, -0.1) is 18.3 Å². The highest BCUT2D eigenvalue weighted by Gasteiger charge is 2.41. The predicted octanol–water partition coefficient (Wildman–Crippen LogP) is 8.62. The number of nitrogens with one attached hydrogen (secondary N) is 3. The minimum absolute atomic E-state index is 0.0260. The van der Waals surface area contributed by atoms with Gasteiger partial charge in [-0.2, -0.15) is 0 Å². The molecule has 1 aromatic heterocycles. The van der Waals surface area contributed by atoms with Crippen molar-refractivity contribution in [1.82, 2.24) is 35.8 Å². The minimum Gasteiger partial charge on any atom is -0.490 e. The Morgan fingerprint density at radius 1 is 0.762 bits per heavy atom. The Balaban J connectivity index is 0.787. The van der Waals surface area contributed by atoms with Crippen molar-refractivity contribution in [2.75, 3.05) is 72.5 Å². The molecule has 3 amide bonds. The average Bonchev–Trinajstić information content (AvgIpc) is 4.15. The Bertz CT molecular complexity index is 2350. The van der Waals surface area contributed by atoms with Crippen LogP contribution < -0.4 is 36.9 Å². The fraction of sp³-hybridized carbons (Fsp3) is 0.700. The number of unbranched alkanes of at least 4 members (excludes halogenated alkanes) is 14. The number of benzene rings is 2. The van der Waals surface area contributed by atoms with Crippen molar-refractivity contribution in [3.63, 3.8) is 0 Å². The lowest BCUT2D eigenvalue weighted by molar-refractivity contribution is -0.907. The summed E-state index contributed by atoms with van der Waals surface area (Å²) >= 11 is 0. The zero-order chi connectivity index (χ0) is 57.3. The lowest BCUT2D eigenvalue weighted by Crippen LogP contribution is -2.53. The summed E-state index contributed by atoms with van der Waals surface area (Å²) in [5, 5.41) is 27.2. The number of alkyl halides is 3. The predicted molar refractivity (Wildman–Crippen MR) is 303 cm³/mol. The number of aromatic nitrogens is 3. The van der Waals surface area contributed by atoms with Crippen LogP contribution in [-0.4, -0.2) is 138 Å². The van der Waals surface area contributed by atoms with Gasteiger partial charge in [0.1, 0.15) is 23.3 Å². The van der Waals surface area contributed by atoms with Gasteiger partial charge in [-0.05, 0) is 85.8 Å². The number of carbonyl (C=O) groups excluding carboxylic acids is 3. The topological polar surface area (TPSA) is 229 Å². The number of nitrogens with zero attached hydrogens (tertiary/aromatic N) is 5. The quantitative estimate of drug-likeness (QED) is 0.0232. The molecule has 80 heavy (non-hydrogen) atoms. The molecule has 2 fully saturated rings. The molecule has 2 aromatic carbocycles. The Morgan fingerprint density at radius 3 is 1.91 bits per heavy atom. The van der Waals surface area contributed by atoms with Crippen molar-refractivity contribution >= 4 is 23.7 Å². The van der Waals surface area contributed by atoms with Crippen LogP contribution >= 0.6 is 0 Å². The van der Waals surface area contributed by atoms with Crippen molar-refractivity contribution in [2.45, 2.75) is 180 Å². The van der Waals surface area contributed by atoms with Gasteiger partial charge in [-0.3, -0.25) is 28.8 Å². The molecule has 1 aliphatic carbocycles. The lowest BCUT2D eigenvalue weighted by atomic mass is 9.82. The fourth-order valence-electron chi connectivity index (χ4n) is 11.5. The number of halogens is 3. The van der Waals surface area contributed by atoms with Gasteiger partial charge in [0.05, 0.1) is 58.2 Å². The van der Waals surface area contributed by atoms with E-state index < -0.39 is 18.2 Å². The highest BCUT2D eigenvalue weighted by molar-refractivity contribution is 5.77. The third-order valence-electron chi connectivity index (χ3n) is 16.5. The number of likely N-dealkylation sites (tertiary alicyclic amines) is 1. The van der Waals surface area contributed by atoms with Crippen LogP contribution in [0.1, 0.15) is 164 Å². The molecule has 0 bridgehead atoms. The van der Waals surface area contributed by atoms with Crippen LogP contribution in [0, 0.1) is 17.8 Å². The molecule has 3 aliphatic rings. The number of hydrogen-bond acceptors (Lipinski definition) is 11. The summed E-state index contributed by atoms with van der Waals surface area (Å²) in [6.07, 6.45) is 19.4. The molecule has 1 saturated heterocycles. The third-order valence-corrected chi connectivity index (χ3v) is 16.5. The molecule has 3 atom stereocenters. The standard InChI is InChI=1S/C60H93F3N10O7/c1-44(59(77)78)58(46-20-21-46)48-22-19-45-23-25-52(79-54(45)39-48)50-41-71(42-50)40-49-38-47(24-26-53(49)80-60(61,62)63)51-43-72(70-69-51)34-17-15-13-11-9-7-5-3-4-6-8-10-12-14-16-18-55(74)68-33-37-73(2,35-27-56(75)66-31-29-64)36-28-57(76)67-32-30-65/h19,22,24,26,38-39,43-44,46,50,52,58H,3-18,20-21,23,25,27-37,40-42,64-65H2,1-2H3,(H3-,66,67,68,74,75,76,77,78)/p+1/t44-,52+,58-/m0/s1. The van der Waals surface area contributed by atoms with Crippen molar-refractivity contribution in [3.05, 3.63) is 59.3 Å². The molecular weight excluding hydrogens is 1030 g/mol. The maximum atomic E-state index is 13.6. The van der Waals surface area contributed by atoms with Gasteiger partial charge >= 0.3 is 12.3 Å². The van der Waals surface area contributed by atoms with Crippen LogP contribution in [0.3, 0.4) is 0 Å². The molecule has 0 radical (unpaired) electrons. The molecule has 1 saturated carbocycles. The Hall–Kier alpha value is -5.31. The molecule has 20 heteroatoms. The number of carboxylic acid groups (broad SMARTS) is 1. The first kappa shape index (κ1) is 63.9. The number of carboxylic acids is 1. The van der Waals surface area contributed by atoms with E-state index in [1.54, 1.807) is 19.1 Å². The van der Waals surface area contributed by atoms with E-state index in [1.807, 2.05) is 24.0 Å². The summed E-state index contributed by atoms with van der Waals surface area (Å²) < 4.78 is 54.0. The number of hydrogen-bond donors (Lipinski definition) is 6. The molecule has 17 nitrogen and oxygen atoms in total. The first-order valence-corrected chi connectivity index (χ1v) is 30.1. The molecule has 0 unspecified atom stereocenters.